The predicted octanol–water partition coefficient (Wildman–Crippen LogP) is 3.45. The number of hydrogen-bond acceptors (Lipinski definition) is 4. The molecule has 0 aliphatic rings. The van der Waals surface area contributed by atoms with Crippen LogP contribution in [0.4, 0.5) is 0 Å². The molecule has 0 aliphatic carbocycles. The van der Waals surface area contributed by atoms with Gasteiger partial charge in [0, 0.05) is 24.0 Å². The lowest BCUT2D eigenvalue weighted by Crippen LogP contribution is -2.22. The predicted molar refractivity (Wildman–Crippen MR) is 85.8 cm³/mol. The summed E-state index contributed by atoms with van der Waals surface area (Å²) in [6.45, 7) is 7.05. The average Bonchev–Trinajstić information content (AvgIpc) is 2.98. The Kier molecular flexibility index (Phi) is 5.71. The minimum atomic E-state index is 0.425. The van der Waals surface area contributed by atoms with E-state index in [0.717, 1.165) is 31.0 Å². The SMILES string of the molecule is CCNCc1cccc(CN(C)C(C)c2cccs2)n1. The molecule has 0 saturated carbocycles. The summed E-state index contributed by atoms with van der Waals surface area (Å²) in [5, 5.41) is 5.45. The van der Waals surface area contributed by atoms with Crippen molar-refractivity contribution in [3.63, 3.8) is 0 Å². The van der Waals surface area contributed by atoms with E-state index in [1.165, 1.54) is 4.88 Å². The first-order valence-electron chi connectivity index (χ1n) is 7.10. The Balaban J connectivity index is 1.98. The number of rotatable bonds is 7. The van der Waals surface area contributed by atoms with Gasteiger partial charge in [0.05, 0.1) is 11.4 Å². The Morgan fingerprint density at radius 2 is 2.05 bits per heavy atom. The largest absolute Gasteiger partial charge is 0.311 e. The first-order chi connectivity index (χ1) is 9.70. The summed E-state index contributed by atoms with van der Waals surface area (Å²) in [4.78, 5) is 8.45. The van der Waals surface area contributed by atoms with Crippen molar-refractivity contribution in [2.24, 2.45) is 0 Å². The topological polar surface area (TPSA) is 28.2 Å². The Morgan fingerprint density at radius 3 is 2.75 bits per heavy atom. The van der Waals surface area contributed by atoms with E-state index in [1.807, 2.05) is 11.3 Å². The molecule has 1 atom stereocenters. The standard InChI is InChI=1S/C16H23N3S/c1-4-17-11-14-7-5-8-15(18-14)12-19(3)13(2)16-9-6-10-20-16/h5-10,13,17H,4,11-12H2,1-3H3. The van der Waals surface area contributed by atoms with Gasteiger partial charge in [-0.1, -0.05) is 19.1 Å². The maximum Gasteiger partial charge on any atom is 0.0547 e. The first kappa shape index (κ1) is 15.2. The molecule has 0 aromatic carbocycles. The van der Waals surface area contributed by atoms with Gasteiger partial charge in [0.2, 0.25) is 0 Å². The second-order valence-electron chi connectivity index (χ2n) is 5.01. The monoisotopic (exact) mass is 289 g/mol. The van der Waals surface area contributed by atoms with Crippen LogP contribution in [0.25, 0.3) is 0 Å². The van der Waals surface area contributed by atoms with Gasteiger partial charge < -0.3 is 5.32 Å². The molecule has 2 heterocycles. The molecule has 0 saturated heterocycles. The van der Waals surface area contributed by atoms with Gasteiger partial charge in [-0.2, -0.15) is 0 Å². The number of nitrogens with zero attached hydrogens (tertiary/aromatic N) is 2. The van der Waals surface area contributed by atoms with Crippen molar-refractivity contribution in [3.8, 4) is 0 Å². The van der Waals surface area contributed by atoms with Crippen molar-refractivity contribution >= 4 is 11.3 Å². The van der Waals surface area contributed by atoms with Crippen molar-refractivity contribution in [2.45, 2.75) is 33.0 Å². The van der Waals surface area contributed by atoms with Crippen molar-refractivity contribution in [3.05, 3.63) is 52.0 Å². The average molecular weight is 289 g/mol. The van der Waals surface area contributed by atoms with E-state index in [9.17, 15) is 0 Å². The molecule has 20 heavy (non-hydrogen) atoms. The van der Waals surface area contributed by atoms with Gasteiger partial charge >= 0.3 is 0 Å². The van der Waals surface area contributed by atoms with E-state index in [2.05, 4.69) is 66.8 Å². The fourth-order valence-electron chi connectivity index (χ4n) is 2.11. The highest BCUT2D eigenvalue weighted by atomic mass is 32.1. The lowest BCUT2D eigenvalue weighted by atomic mass is 10.2. The summed E-state index contributed by atoms with van der Waals surface area (Å²) < 4.78 is 0. The molecule has 2 rings (SSSR count). The molecule has 0 amide bonds. The Hall–Kier alpha value is -1.23. The fraction of sp³-hybridized carbons (Fsp3) is 0.438. The number of aromatic nitrogens is 1. The Bertz CT molecular complexity index is 510. The zero-order valence-corrected chi connectivity index (χ0v) is 13.3. The van der Waals surface area contributed by atoms with E-state index in [4.69, 9.17) is 4.98 Å². The zero-order chi connectivity index (χ0) is 14.4. The van der Waals surface area contributed by atoms with Crippen LogP contribution >= 0.6 is 11.3 Å². The van der Waals surface area contributed by atoms with Gasteiger partial charge in [-0.25, -0.2) is 0 Å². The maximum atomic E-state index is 4.71. The molecule has 0 aliphatic heterocycles. The van der Waals surface area contributed by atoms with Crippen molar-refractivity contribution < 1.29 is 0 Å². The number of hydrogen-bond donors (Lipinski definition) is 1. The molecule has 0 radical (unpaired) electrons. The molecule has 0 bridgehead atoms. The highest BCUT2D eigenvalue weighted by Crippen LogP contribution is 2.24. The normalized spacial score (nSPS) is 12.8. The summed E-state index contributed by atoms with van der Waals surface area (Å²) in [6, 6.07) is 11.0. The lowest BCUT2D eigenvalue weighted by Gasteiger charge is -2.23. The summed E-state index contributed by atoms with van der Waals surface area (Å²) >= 11 is 1.81. The Morgan fingerprint density at radius 1 is 1.25 bits per heavy atom. The molecular weight excluding hydrogens is 266 g/mol. The van der Waals surface area contributed by atoms with Crippen LogP contribution in [0.1, 0.15) is 36.2 Å². The first-order valence-corrected chi connectivity index (χ1v) is 7.98. The Labute approximate surface area is 125 Å². The third kappa shape index (κ3) is 4.13. The van der Waals surface area contributed by atoms with Gasteiger partial charge in [-0.05, 0) is 44.1 Å². The third-order valence-corrected chi connectivity index (χ3v) is 4.49. The second kappa shape index (κ2) is 7.53. The molecule has 1 unspecified atom stereocenters. The molecule has 0 fully saturated rings. The van der Waals surface area contributed by atoms with Crippen LogP contribution in [-0.4, -0.2) is 23.5 Å². The van der Waals surface area contributed by atoms with Crippen LogP contribution in [0, 0.1) is 0 Å². The van der Waals surface area contributed by atoms with Gasteiger partial charge in [0.15, 0.2) is 0 Å². The number of pyridine rings is 1. The molecule has 0 spiro atoms. The van der Waals surface area contributed by atoms with E-state index in [0.29, 0.717) is 6.04 Å². The van der Waals surface area contributed by atoms with E-state index in [1.54, 1.807) is 0 Å². The zero-order valence-electron chi connectivity index (χ0n) is 12.5. The van der Waals surface area contributed by atoms with Crippen molar-refractivity contribution in [1.29, 1.82) is 0 Å². The van der Waals surface area contributed by atoms with E-state index < -0.39 is 0 Å². The quantitative estimate of drug-likeness (QED) is 0.846. The molecule has 3 nitrogen and oxygen atoms in total. The number of thiophene rings is 1. The fourth-order valence-corrected chi connectivity index (χ4v) is 2.96. The van der Waals surface area contributed by atoms with Crippen LogP contribution in [0.2, 0.25) is 0 Å². The van der Waals surface area contributed by atoms with Crippen molar-refractivity contribution in [1.82, 2.24) is 15.2 Å². The van der Waals surface area contributed by atoms with Crippen LogP contribution in [0.5, 0.6) is 0 Å². The van der Waals surface area contributed by atoms with Crippen LogP contribution in [0.15, 0.2) is 35.7 Å². The molecule has 1 N–H and O–H groups in total. The molecule has 2 aromatic heterocycles. The van der Waals surface area contributed by atoms with Gasteiger partial charge in [-0.3, -0.25) is 9.88 Å². The summed E-state index contributed by atoms with van der Waals surface area (Å²) in [5.74, 6) is 0. The van der Waals surface area contributed by atoms with Gasteiger partial charge in [0.1, 0.15) is 0 Å². The smallest absolute Gasteiger partial charge is 0.0547 e. The van der Waals surface area contributed by atoms with E-state index in [-0.39, 0.29) is 0 Å². The van der Waals surface area contributed by atoms with Crippen LogP contribution in [0.3, 0.4) is 0 Å². The van der Waals surface area contributed by atoms with Gasteiger partial charge in [0.25, 0.3) is 0 Å². The molecule has 2 aromatic rings. The highest BCUT2D eigenvalue weighted by Gasteiger charge is 2.13. The highest BCUT2D eigenvalue weighted by molar-refractivity contribution is 7.10. The summed E-state index contributed by atoms with van der Waals surface area (Å²) in [5.41, 5.74) is 2.24. The molecule has 108 valence electrons. The van der Waals surface area contributed by atoms with Crippen molar-refractivity contribution in [2.75, 3.05) is 13.6 Å². The maximum absolute atomic E-state index is 4.71. The minimum Gasteiger partial charge on any atom is -0.311 e. The van der Waals surface area contributed by atoms with E-state index >= 15 is 0 Å². The van der Waals surface area contributed by atoms with Crippen LogP contribution in [-0.2, 0) is 13.1 Å². The number of nitrogens with one attached hydrogen (secondary N) is 1. The lowest BCUT2D eigenvalue weighted by molar-refractivity contribution is 0.253. The molecular formula is C16H23N3S. The second-order valence-corrected chi connectivity index (χ2v) is 5.99. The van der Waals surface area contributed by atoms with Crippen LogP contribution < -0.4 is 5.32 Å². The molecule has 4 heteroatoms. The summed E-state index contributed by atoms with van der Waals surface area (Å²) in [7, 11) is 2.16. The minimum absolute atomic E-state index is 0.425. The summed E-state index contributed by atoms with van der Waals surface area (Å²) in [6.07, 6.45) is 0. The van der Waals surface area contributed by atoms with Gasteiger partial charge in [-0.15, -0.1) is 11.3 Å². The third-order valence-electron chi connectivity index (χ3n) is 3.45.